The van der Waals surface area contributed by atoms with Crippen molar-refractivity contribution in [2.75, 3.05) is 5.32 Å². The van der Waals surface area contributed by atoms with Crippen LogP contribution in [0.15, 0.2) is 54.7 Å². The summed E-state index contributed by atoms with van der Waals surface area (Å²) in [7, 11) is 0. The lowest BCUT2D eigenvalue weighted by atomic mass is 10.1. The lowest BCUT2D eigenvalue weighted by molar-refractivity contribution is -0.137. The molecule has 2 aromatic carbocycles. The zero-order valence-electron chi connectivity index (χ0n) is 14.8. The fraction of sp³-hybridized carbons (Fsp3) is 0.200. The summed E-state index contributed by atoms with van der Waals surface area (Å²) in [6.07, 6.45) is -2.97. The van der Waals surface area contributed by atoms with E-state index in [1.165, 1.54) is 12.3 Å². The van der Waals surface area contributed by atoms with E-state index in [4.69, 9.17) is 0 Å². The van der Waals surface area contributed by atoms with Gasteiger partial charge in [-0.2, -0.15) is 13.2 Å². The molecule has 0 radical (unpaired) electrons. The first-order valence-electron chi connectivity index (χ1n) is 8.38. The van der Waals surface area contributed by atoms with Gasteiger partial charge in [0.2, 0.25) is 0 Å². The minimum Gasteiger partial charge on any atom is -0.355 e. The minimum absolute atomic E-state index is 0.0149. The van der Waals surface area contributed by atoms with Crippen molar-refractivity contribution in [3.8, 4) is 0 Å². The Morgan fingerprint density at radius 1 is 1.07 bits per heavy atom. The summed E-state index contributed by atoms with van der Waals surface area (Å²) < 4.78 is 38.7. The van der Waals surface area contributed by atoms with Crippen LogP contribution in [-0.4, -0.2) is 16.9 Å². The van der Waals surface area contributed by atoms with Crippen molar-refractivity contribution < 1.29 is 18.0 Å². The Kier molecular flexibility index (Phi) is 5.03. The van der Waals surface area contributed by atoms with Crippen LogP contribution in [0.2, 0.25) is 0 Å². The van der Waals surface area contributed by atoms with E-state index in [1.807, 2.05) is 13.8 Å². The first-order chi connectivity index (χ1) is 12.7. The molecule has 0 aliphatic carbocycles. The van der Waals surface area contributed by atoms with E-state index in [0.29, 0.717) is 22.3 Å². The lowest BCUT2D eigenvalue weighted by Crippen LogP contribution is -2.30. The number of alkyl halides is 3. The van der Waals surface area contributed by atoms with E-state index in [-0.39, 0.29) is 17.5 Å². The monoisotopic (exact) mass is 373 g/mol. The highest BCUT2D eigenvalue weighted by Crippen LogP contribution is 2.33. The number of carbonyl (C=O) groups excluding carboxylic acids is 1. The van der Waals surface area contributed by atoms with Crippen LogP contribution in [0.4, 0.5) is 24.5 Å². The summed E-state index contributed by atoms with van der Waals surface area (Å²) in [4.78, 5) is 16.2. The molecular weight excluding hydrogens is 355 g/mol. The molecule has 0 saturated heterocycles. The molecule has 0 fully saturated rings. The molecule has 0 aliphatic heterocycles. The first kappa shape index (κ1) is 18.7. The molecular formula is C20H18F3N3O. The normalized spacial score (nSPS) is 11.6. The van der Waals surface area contributed by atoms with E-state index in [1.54, 1.807) is 30.3 Å². The number of amides is 1. The van der Waals surface area contributed by atoms with Gasteiger partial charge in [0, 0.05) is 34.6 Å². The number of hydrogen-bond donors (Lipinski definition) is 2. The maximum absolute atomic E-state index is 12.9. The number of fused-ring (bicyclic) bond motifs is 1. The van der Waals surface area contributed by atoms with E-state index in [9.17, 15) is 18.0 Å². The van der Waals surface area contributed by atoms with Crippen molar-refractivity contribution in [1.82, 2.24) is 10.3 Å². The molecule has 7 heteroatoms. The maximum atomic E-state index is 12.9. The number of benzene rings is 2. The Hall–Kier alpha value is -3.09. The van der Waals surface area contributed by atoms with E-state index >= 15 is 0 Å². The zero-order valence-corrected chi connectivity index (χ0v) is 14.8. The summed E-state index contributed by atoms with van der Waals surface area (Å²) in [5, 5.41) is 6.53. The molecule has 0 atom stereocenters. The molecule has 0 saturated carbocycles. The topological polar surface area (TPSA) is 54.0 Å². The van der Waals surface area contributed by atoms with Gasteiger partial charge in [0.05, 0.1) is 11.1 Å². The maximum Gasteiger partial charge on any atom is 0.416 e. The third-order valence-electron chi connectivity index (χ3n) is 3.89. The Balaban J connectivity index is 1.92. The molecule has 0 aliphatic rings. The van der Waals surface area contributed by atoms with Crippen LogP contribution in [-0.2, 0) is 6.18 Å². The Labute approximate surface area is 154 Å². The van der Waals surface area contributed by atoms with Gasteiger partial charge in [-0.1, -0.05) is 12.1 Å². The average molecular weight is 373 g/mol. The molecule has 1 aromatic heterocycles. The molecule has 0 spiro atoms. The summed E-state index contributed by atoms with van der Waals surface area (Å²) in [6, 6.07) is 12.0. The summed E-state index contributed by atoms with van der Waals surface area (Å²) in [6.45, 7) is 3.75. The van der Waals surface area contributed by atoms with Crippen LogP contribution >= 0.6 is 0 Å². The van der Waals surface area contributed by atoms with Gasteiger partial charge < -0.3 is 10.6 Å². The summed E-state index contributed by atoms with van der Waals surface area (Å²) in [5.74, 6) is -0.192. The third-order valence-corrected chi connectivity index (χ3v) is 3.89. The van der Waals surface area contributed by atoms with Gasteiger partial charge >= 0.3 is 6.18 Å². The molecule has 4 nitrogen and oxygen atoms in total. The number of aromatic nitrogens is 1. The van der Waals surface area contributed by atoms with Crippen molar-refractivity contribution in [3.05, 3.63) is 65.9 Å². The zero-order chi connectivity index (χ0) is 19.6. The van der Waals surface area contributed by atoms with Crippen molar-refractivity contribution in [2.45, 2.75) is 26.1 Å². The number of rotatable bonds is 4. The van der Waals surface area contributed by atoms with Crippen LogP contribution in [0.25, 0.3) is 10.9 Å². The van der Waals surface area contributed by atoms with Crippen molar-refractivity contribution in [2.24, 2.45) is 0 Å². The van der Waals surface area contributed by atoms with Crippen molar-refractivity contribution >= 4 is 28.2 Å². The van der Waals surface area contributed by atoms with Gasteiger partial charge in [0.15, 0.2) is 0 Å². The third kappa shape index (κ3) is 4.36. The lowest BCUT2D eigenvalue weighted by Gasteiger charge is -2.13. The number of nitrogens with zero attached hydrogens (tertiary/aromatic N) is 1. The number of anilines is 2. The van der Waals surface area contributed by atoms with E-state index in [0.717, 1.165) is 12.1 Å². The predicted molar refractivity (Wildman–Crippen MR) is 99.1 cm³/mol. The van der Waals surface area contributed by atoms with Crippen LogP contribution in [0, 0.1) is 0 Å². The average Bonchev–Trinajstić information content (AvgIpc) is 2.60. The smallest absolute Gasteiger partial charge is 0.355 e. The number of nitrogens with one attached hydrogen (secondary N) is 2. The molecule has 27 heavy (non-hydrogen) atoms. The standard InChI is InChI=1S/C20H18F3N3O/c1-12(2)25-19(27)13-4-3-5-15(10-13)26-17-8-9-24-18-11-14(20(21,22)23)6-7-16(17)18/h3-12H,1-2H3,(H,24,26)(H,25,27). The molecule has 0 unspecified atom stereocenters. The number of halogens is 3. The quantitative estimate of drug-likeness (QED) is 0.666. The van der Waals surface area contributed by atoms with Gasteiger partial charge in [-0.15, -0.1) is 0 Å². The van der Waals surface area contributed by atoms with Gasteiger partial charge in [-0.05, 0) is 50.2 Å². The molecule has 3 aromatic rings. The highest BCUT2D eigenvalue weighted by molar-refractivity contribution is 5.96. The first-order valence-corrected chi connectivity index (χ1v) is 8.38. The van der Waals surface area contributed by atoms with Crippen LogP contribution in [0.5, 0.6) is 0 Å². The van der Waals surface area contributed by atoms with Crippen molar-refractivity contribution in [1.29, 1.82) is 0 Å². The Morgan fingerprint density at radius 3 is 2.56 bits per heavy atom. The van der Waals surface area contributed by atoms with Crippen LogP contribution in [0.3, 0.4) is 0 Å². The Bertz CT molecular complexity index is 984. The highest BCUT2D eigenvalue weighted by Gasteiger charge is 2.30. The second-order valence-corrected chi connectivity index (χ2v) is 6.42. The summed E-state index contributed by atoms with van der Waals surface area (Å²) >= 11 is 0. The molecule has 3 rings (SSSR count). The fourth-order valence-corrected chi connectivity index (χ4v) is 2.67. The highest BCUT2D eigenvalue weighted by atomic mass is 19.4. The SMILES string of the molecule is CC(C)NC(=O)c1cccc(Nc2ccnc3cc(C(F)(F)F)ccc23)c1. The molecule has 2 N–H and O–H groups in total. The number of carbonyl (C=O) groups is 1. The second-order valence-electron chi connectivity index (χ2n) is 6.42. The number of pyridine rings is 1. The second kappa shape index (κ2) is 7.26. The number of hydrogen-bond acceptors (Lipinski definition) is 3. The largest absolute Gasteiger partial charge is 0.416 e. The van der Waals surface area contributed by atoms with Gasteiger partial charge in [0.1, 0.15) is 0 Å². The minimum atomic E-state index is -4.42. The van der Waals surface area contributed by atoms with Gasteiger partial charge in [-0.25, -0.2) is 0 Å². The summed E-state index contributed by atoms with van der Waals surface area (Å²) in [5.41, 5.74) is 1.25. The molecule has 1 heterocycles. The van der Waals surface area contributed by atoms with Crippen LogP contribution < -0.4 is 10.6 Å². The van der Waals surface area contributed by atoms with E-state index < -0.39 is 11.7 Å². The molecule has 1 amide bonds. The van der Waals surface area contributed by atoms with Gasteiger partial charge in [0.25, 0.3) is 5.91 Å². The molecule has 0 bridgehead atoms. The predicted octanol–water partition coefficient (Wildman–Crippen LogP) is 5.14. The Morgan fingerprint density at radius 2 is 1.85 bits per heavy atom. The van der Waals surface area contributed by atoms with Crippen LogP contribution in [0.1, 0.15) is 29.8 Å². The van der Waals surface area contributed by atoms with E-state index in [2.05, 4.69) is 15.6 Å². The van der Waals surface area contributed by atoms with Gasteiger partial charge in [-0.3, -0.25) is 9.78 Å². The molecule has 140 valence electrons. The fourth-order valence-electron chi connectivity index (χ4n) is 2.67. The van der Waals surface area contributed by atoms with Crippen molar-refractivity contribution in [3.63, 3.8) is 0 Å².